The van der Waals surface area contributed by atoms with Crippen LogP contribution in [-0.4, -0.2) is 6.04 Å². The van der Waals surface area contributed by atoms with Crippen LogP contribution in [0.25, 0.3) is 0 Å². The molecule has 0 saturated carbocycles. The summed E-state index contributed by atoms with van der Waals surface area (Å²) in [5.41, 5.74) is 0.901. The Morgan fingerprint density at radius 3 is 2.69 bits per heavy atom. The lowest BCUT2D eigenvalue weighted by Crippen LogP contribution is -2.27. The lowest BCUT2D eigenvalue weighted by Gasteiger charge is -2.17. The van der Waals surface area contributed by atoms with Crippen molar-refractivity contribution in [2.45, 2.75) is 25.9 Å². The summed E-state index contributed by atoms with van der Waals surface area (Å²) in [4.78, 5) is 0. The Morgan fingerprint density at radius 1 is 1.50 bits per heavy atom. The zero-order chi connectivity index (χ0) is 12.1. The molecule has 0 saturated heterocycles. The summed E-state index contributed by atoms with van der Waals surface area (Å²) in [5.74, 6) is -0.472. The van der Waals surface area contributed by atoms with Gasteiger partial charge in [0.1, 0.15) is 11.9 Å². The van der Waals surface area contributed by atoms with Crippen molar-refractivity contribution in [1.29, 1.82) is 5.26 Å². The summed E-state index contributed by atoms with van der Waals surface area (Å²) >= 11 is 0. The highest BCUT2D eigenvalue weighted by Gasteiger charge is 2.10. The van der Waals surface area contributed by atoms with Gasteiger partial charge in [0, 0.05) is 12.1 Å². The van der Waals surface area contributed by atoms with Crippen LogP contribution in [0, 0.1) is 17.1 Å². The Balaban J connectivity index is 2.85. The van der Waals surface area contributed by atoms with Crippen molar-refractivity contribution in [2.75, 3.05) is 0 Å². The fourth-order valence-corrected chi connectivity index (χ4v) is 1.45. The van der Waals surface area contributed by atoms with Gasteiger partial charge in [-0.1, -0.05) is 12.1 Å². The Morgan fingerprint density at radius 2 is 2.19 bits per heavy atom. The zero-order valence-electron chi connectivity index (χ0n) is 9.50. The van der Waals surface area contributed by atoms with Gasteiger partial charge in [0.2, 0.25) is 0 Å². The molecule has 0 radical (unpaired) electrons. The minimum Gasteiger partial charge on any atom is -0.304 e. The molecule has 1 aromatic carbocycles. The predicted molar refractivity (Wildman–Crippen MR) is 62.3 cm³/mol. The zero-order valence-corrected chi connectivity index (χ0v) is 9.50. The average Bonchev–Trinajstić information content (AvgIpc) is 2.28. The second-order valence-electron chi connectivity index (χ2n) is 3.76. The third kappa shape index (κ3) is 2.91. The lowest BCUT2D eigenvalue weighted by molar-refractivity contribution is 0.532. The number of halogens is 1. The van der Waals surface area contributed by atoms with E-state index in [2.05, 4.69) is 11.9 Å². The van der Waals surface area contributed by atoms with Crippen LogP contribution in [0.5, 0.6) is 0 Å². The summed E-state index contributed by atoms with van der Waals surface area (Å²) in [6.07, 6.45) is 1.79. The fraction of sp³-hybridized carbons (Fsp3) is 0.308. The van der Waals surface area contributed by atoms with E-state index in [9.17, 15) is 4.39 Å². The molecular formula is C13H15FN2. The average molecular weight is 218 g/mol. The molecule has 2 unspecified atom stereocenters. The van der Waals surface area contributed by atoms with E-state index < -0.39 is 5.82 Å². The highest BCUT2D eigenvalue weighted by Crippen LogP contribution is 2.16. The number of nitriles is 1. The summed E-state index contributed by atoms with van der Waals surface area (Å²) < 4.78 is 13.4. The van der Waals surface area contributed by atoms with Gasteiger partial charge >= 0.3 is 0 Å². The SMILES string of the molecule is C=CC(C)NC(C)c1ccc(C#N)c(F)c1. The molecule has 2 nitrogen and oxygen atoms in total. The number of rotatable bonds is 4. The summed E-state index contributed by atoms with van der Waals surface area (Å²) in [6.45, 7) is 7.59. The molecule has 16 heavy (non-hydrogen) atoms. The minimum atomic E-state index is -0.472. The van der Waals surface area contributed by atoms with Gasteiger partial charge < -0.3 is 5.32 Å². The monoisotopic (exact) mass is 218 g/mol. The molecule has 84 valence electrons. The first kappa shape index (κ1) is 12.4. The molecule has 0 fully saturated rings. The second kappa shape index (κ2) is 5.43. The largest absolute Gasteiger partial charge is 0.304 e. The van der Waals surface area contributed by atoms with E-state index in [1.54, 1.807) is 18.2 Å². The van der Waals surface area contributed by atoms with Crippen molar-refractivity contribution in [2.24, 2.45) is 0 Å². The van der Waals surface area contributed by atoms with E-state index in [0.717, 1.165) is 5.56 Å². The molecule has 0 aliphatic rings. The molecule has 1 aromatic rings. The quantitative estimate of drug-likeness (QED) is 0.789. The third-order valence-corrected chi connectivity index (χ3v) is 2.48. The van der Waals surface area contributed by atoms with Crippen LogP contribution < -0.4 is 5.32 Å². The first-order valence-corrected chi connectivity index (χ1v) is 5.16. The van der Waals surface area contributed by atoms with E-state index in [4.69, 9.17) is 5.26 Å². The predicted octanol–water partition coefficient (Wildman–Crippen LogP) is 2.92. The van der Waals surface area contributed by atoms with Crippen molar-refractivity contribution < 1.29 is 4.39 Å². The number of nitrogens with zero attached hydrogens (tertiary/aromatic N) is 1. The number of benzene rings is 1. The van der Waals surface area contributed by atoms with E-state index in [1.165, 1.54) is 12.1 Å². The summed E-state index contributed by atoms with van der Waals surface area (Å²) in [6, 6.07) is 6.64. The molecule has 0 heterocycles. The molecule has 0 aliphatic carbocycles. The first-order chi connectivity index (χ1) is 7.58. The van der Waals surface area contributed by atoms with Gasteiger partial charge in [0.05, 0.1) is 5.56 Å². The van der Waals surface area contributed by atoms with Crippen LogP contribution in [0.1, 0.15) is 31.0 Å². The Labute approximate surface area is 95.4 Å². The summed E-state index contributed by atoms with van der Waals surface area (Å²) in [5, 5.41) is 11.9. The normalized spacial score (nSPS) is 13.9. The fourth-order valence-electron chi connectivity index (χ4n) is 1.45. The van der Waals surface area contributed by atoms with Crippen LogP contribution in [0.15, 0.2) is 30.9 Å². The maximum absolute atomic E-state index is 13.4. The van der Waals surface area contributed by atoms with E-state index in [-0.39, 0.29) is 17.6 Å². The van der Waals surface area contributed by atoms with Gasteiger partial charge in [0.25, 0.3) is 0 Å². The Kier molecular flexibility index (Phi) is 4.21. The Bertz CT molecular complexity index is 420. The van der Waals surface area contributed by atoms with Gasteiger partial charge in [-0.3, -0.25) is 0 Å². The maximum Gasteiger partial charge on any atom is 0.141 e. The van der Waals surface area contributed by atoms with Gasteiger partial charge in [0.15, 0.2) is 0 Å². The number of nitrogens with one attached hydrogen (secondary N) is 1. The van der Waals surface area contributed by atoms with Crippen molar-refractivity contribution in [3.63, 3.8) is 0 Å². The number of hydrogen-bond donors (Lipinski definition) is 1. The van der Waals surface area contributed by atoms with Crippen LogP contribution in [0.4, 0.5) is 4.39 Å². The van der Waals surface area contributed by atoms with Gasteiger partial charge in [-0.2, -0.15) is 5.26 Å². The van der Waals surface area contributed by atoms with Crippen LogP contribution >= 0.6 is 0 Å². The molecular weight excluding hydrogens is 203 g/mol. The molecule has 0 spiro atoms. The highest BCUT2D eigenvalue weighted by atomic mass is 19.1. The third-order valence-electron chi connectivity index (χ3n) is 2.48. The first-order valence-electron chi connectivity index (χ1n) is 5.16. The van der Waals surface area contributed by atoms with Crippen molar-refractivity contribution in [3.8, 4) is 6.07 Å². The molecule has 0 bridgehead atoms. The molecule has 2 atom stereocenters. The van der Waals surface area contributed by atoms with Crippen LogP contribution in [0.3, 0.4) is 0 Å². The molecule has 0 aromatic heterocycles. The maximum atomic E-state index is 13.4. The van der Waals surface area contributed by atoms with Gasteiger partial charge in [-0.05, 0) is 31.5 Å². The van der Waals surface area contributed by atoms with Crippen molar-refractivity contribution >= 4 is 0 Å². The minimum absolute atomic E-state index is 0.0234. The van der Waals surface area contributed by atoms with Crippen LogP contribution in [0.2, 0.25) is 0 Å². The van der Waals surface area contributed by atoms with E-state index >= 15 is 0 Å². The van der Waals surface area contributed by atoms with Gasteiger partial charge in [-0.25, -0.2) is 4.39 Å². The molecule has 3 heteroatoms. The lowest BCUT2D eigenvalue weighted by atomic mass is 10.1. The van der Waals surface area contributed by atoms with Crippen molar-refractivity contribution in [1.82, 2.24) is 5.32 Å². The highest BCUT2D eigenvalue weighted by molar-refractivity contribution is 5.34. The molecule has 1 N–H and O–H groups in total. The number of hydrogen-bond acceptors (Lipinski definition) is 2. The topological polar surface area (TPSA) is 35.8 Å². The van der Waals surface area contributed by atoms with E-state index in [1.807, 2.05) is 13.8 Å². The second-order valence-corrected chi connectivity index (χ2v) is 3.76. The molecule has 0 amide bonds. The van der Waals surface area contributed by atoms with Crippen molar-refractivity contribution in [3.05, 3.63) is 47.8 Å². The van der Waals surface area contributed by atoms with Gasteiger partial charge in [-0.15, -0.1) is 6.58 Å². The Hall–Kier alpha value is -1.66. The van der Waals surface area contributed by atoms with Crippen LogP contribution in [-0.2, 0) is 0 Å². The standard InChI is InChI=1S/C13H15FN2/c1-4-9(2)16-10(3)11-5-6-12(8-15)13(14)7-11/h4-7,9-10,16H,1H2,2-3H3. The molecule has 0 aliphatic heterocycles. The smallest absolute Gasteiger partial charge is 0.141 e. The molecule has 1 rings (SSSR count). The summed E-state index contributed by atoms with van der Waals surface area (Å²) in [7, 11) is 0. The van der Waals surface area contributed by atoms with E-state index in [0.29, 0.717) is 0 Å².